The Morgan fingerprint density at radius 1 is 1.02 bits per heavy atom. The molecule has 1 aliphatic carbocycles. The van der Waals surface area contributed by atoms with Crippen molar-refractivity contribution in [2.24, 2.45) is 5.92 Å². The molecule has 3 fully saturated rings. The van der Waals surface area contributed by atoms with Crippen molar-refractivity contribution in [3.05, 3.63) is 108 Å². The third-order valence-electron chi connectivity index (χ3n) is 9.65. The molecule has 2 atom stereocenters. The quantitative estimate of drug-likeness (QED) is 0.179. The van der Waals surface area contributed by atoms with E-state index in [1.807, 2.05) is 48.5 Å². The number of hydrazine groups is 1. The molecular weight excluding hydrogens is 648 g/mol. The molecule has 0 radical (unpaired) electrons. The summed E-state index contributed by atoms with van der Waals surface area (Å²) < 4.78 is 1.52. The highest BCUT2D eigenvalue weighted by Crippen LogP contribution is 2.36. The Morgan fingerprint density at radius 2 is 1.78 bits per heavy atom. The average molecular weight is 687 g/mol. The van der Waals surface area contributed by atoms with Crippen molar-refractivity contribution in [3.63, 3.8) is 0 Å². The fourth-order valence-corrected chi connectivity index (χ4v) is 7.10. The maximum atomic E-state index is 14.6. The number of aromatic hydroxyl groups is 1. The van der Waals surface area contributed by atoms with Crippen LogP contribution in [0.5, 0.6) is 5.75 Å². The van der Waals surface area contributed by atoms with E-state index < -0.39 is 18.2 Å². The Labute approximate surface area is 294 Å². The number of rotatable bonds is 11. The van der Waals surface area contributed by atoms with Gasteiger partial charge in [0, 0.05) is 37.4 Å². The lowest BCUT2D eigenvalue weighted by Crippen LogP contribution is -2.76. The summed E-state index contributed by atoms with van der Waals surface area (Å²) in [7, 11) is 0. The van der Waals surface area contributed by atoms with Gasteiger partial charge in [-0.25, -0.2) is 19.5 Å². The van der Waals surface area contributed by atoms with Crippen LogP contribution in [0.2, 0.25) is 0 Å². The predicted molar refractivity (Wildman–Crippen MR) is 186 cm³/mol. The number of Topliss-reactive ketones (excluding diaryl/α,β-unsaturated/α-hetero) is 1. The highest BCUT2D eigenvalue weighted by Gasteiger charge is 2.51. The van der Waals surface area contributed by atoms with E-state index in [0.29, 0.717) is 22.2 Å². The summed E-state index contributed by atoms with van der Waals surface area (Å²) in [5.41, 5.74) is 3.23. The fourth-order valence-electron chi connectivity index (χ4n) is 7.10. The van der Waals surface area contributed by atoms with Crippen LogP contribution in [0.4, 0.5) is 4.79 Å². The van der Waals surface area contributed by atoms with Gasteiger partial charge < -0.3 is 20.2 Å². The number of nitrogens with zero attached hydrogens (tertiary/aromatic N) is 7. The SMILES string of the molecule is C=CCN1CC(=O)N2[C@@H](Cc3ccc(O)cc3)C(=O)N(Cc3cccc4c(C(=O)C5CC5)nn(CC#N)c34)C[C@@H]2N1C(=O)NCc1ccccc1. The Hall–Kier alpha value is -6.00. The minimum atomic E-state index is -0.966. The number of fused-ring (bicyclic) bond motifs is 2. The molecule has 0 unspecified atom stereocenters. The van der Waals surface area contributed by atoms with E-state index in [9.17, 15) is 29.5 Å². The zero-order chi connectivity index (χ0) is 35.6. The van der Waals surface area contributed by atoms with Crippen molar-refractivity contribution in [1.82, 2.24) is 34.9 Å². The van der Waals surface area contributed by atoms with E-state index in [2.05, 4.69) is 23.1 Å². The number of carbonyl (C=O) groups is 4. The molecule has 1 saturated carbocycles. The second-order valence-electron chi connectivity index (χ2n) is 13.1. The molecule has 2 saturated heterocycles. The Morgan fingerprint density at radius 3 is 2.49 bits per heavy atom. The third kappa shape index (κ3) is 6.65. The molecule has 3 aromatic carbocycles. The fraction of sp³-hybridized carbons (Fsp3) is 0.316. The van der Waals surface area contributed by atoms with Gasteiger partial charge in [0.1, 0.15) is 30.2 Å². The monoisotopic (exact) mass is 686 g/mol. The van der Waals surface area contributed by atoms with Gasteiger partial charge in [-0.3, -0.25) is 14.4 Å². The predicted octanol–water partition coefficient (Wildman–Crippen LogP) is 3.59. The van der Waals surface area contributed by atoms with E-state index in [1.54, 1.807) is 28.1 Å². The first kappa shape index (κ1) is 33.5. The van der Waals surface area contributed by atoms with Crippen LogP contribution < -0.4 is 5.32 Å². The molecule has 0 spiro atoms. The molecule has 51 heavy (non-hydrogen) atoms. The molecule has 260 valence electrons. The molecule has 3 heterocycles. The second-order valence-corrected chi connectivity index (χ2v) is 13.1. The summed E-state index contributed by atoms with van der Waals surface area (Å²) in [6, 6.07) is 22.2. The number of para-hydroxylation sites is 1. The Bertz CT molecular complexity index is 2030. The smallest absolute Gasteiger partial charge is 0.334 e. The average Bonchev–Trinajstić information content (AvgIpc) is 3.92. The molecule has 4 aromatic rings. The number of piperazine rings is 1. The van der Waals surface area contributed by atoms with Crippen molar-refractivity contribution in [2.75, 3.05) is 19.6 Å². The van der Waals surface area contributed by atoms with E-state index in [4.69, 9.17) is 0 Å². The van der Waals surface area contributed by atoms with Crippen LogP contribution in [0.1, 0.15) is 40.0 Å². The molecule has 3 aliphatic rings. The van der Waals surface area contributed by atoms with Gasteiger partial charge in [0.15, 0.2) is 5.78 Å². The summed E-state index contributed by atoms with van der Waals surface area (Å²) in [6.45, 7) is 4.18. The normalized spacial score (nSPS) is 19.2. The van der Waals surface area contributed by atoms with E-state index in [1.165, 1.54) is 26.7 Å². The van der Waals surface area contributed by atoms with Crippen molar-refractivity contribution in [3.8, 4) is 11.8 Å². The molecule has 2 N–H and O–H groups in total. The van der Waals surface area contributed by atoms with Gasteiger partial charge in [-0.2, -0.15) is 10.4 Å². The van der Waals surface area contributed by atoms with Crippen LogP contribution in [-0.2, 0) is 35.6 Å². The zero-order valence-corrected chi connectivity index (χ0v) is 28.0. The van der Waals surface area contributed by atoms with Gasteiger partial charge in [-0.1, -0.05) is 66.7 Å². The maximum absolute atomic E-state index is 14.6. The van der Waals surface area contributed by atoms with Crippen molar-refractivity contribution in [1.29, 1.82) is 5.26 Å². The first-order chi connectivity index (χ1) is 24.8. The molecular formula is C38H38N8O5. The minimum absolute atomic E-state index is 0.000310. The number of carbonyl (C=O) groups excluding carboxylic acids is 4. The number of hydrogen-bond acceptors (Lipinski definition) is 8. The minimum Gasteiger partial charge on any atom is -0.508 e. The summed E-state index contributed by atoms with van der Waals surface area (Å²) >= 11 is 0. The molecule has 7 rings (SSSR count). The van der Waals surface area contributed by atoms with Gasteiger partial charge in [-0.15, -0.1) is 6.58 Å². The number of phenols is 1. The number of aromatic nitrogens is 2. The van der Waals surface area contributed by atoms with Gasteiger partial charge in [0.05, 0.1) is 24.7 Å². The van der Waals surface area contributed by atoms with Crippen molar-refractivity contribution in [2.45, 2.75) is 51.1 Å². The summed E-state index contributed by atoms with van der Waals surface area (Å²) in [5, 5.41) is 30.9. The standard InChI is InChI=1S/C38H38N8O5/c1-2-18-43-24-33(48)45-31(20-25-11-15-29(47)16-12-25)37(50)42(23-32(45)46(43)38(51)40-21-26-7-4-3-5-8-26)22-28-9-6-10-30-34(36(49)27-13-14-27)41-44(19-17-39)35(28)30/h2-12,15-16,27,31-32,47H,1,13-14,18-24H2,(H,40,51)/t31-,32-/m0/s1. The highest BCUT2D eigenvalue weighted by molar-refractivity contribution is 6.08. The van der Waals surface area contributed by atoms with Crippen LogP contribution in [0, 0.1) is 17.2 Å². The topological polar surface area (TPSA) is 155 Å². The van der Waals surface area contributed by atoms with Crippen LogP contribution in [-0.4, -0.2) is 90.2 Å². The van der Waals surface area contributed by atoms with Crippen molar-refractivity contribution < 1.29 is 24.3 Å². The number of hydrogen-bond donors (Lipinski definition) is 2. The van der Waals surface area contributed by atoms with Crippen LogP contribution in [0.25, 0.3) is 10.9 Å². The maximum Gasteiger partial charge on any atom is 0.334 e. The number of phenolic OH excluding ortho intramolecular Hbond substituents is 1. The summed E-state index contributed by atoms with van der Waals surface area (Å²) in [6.07, 6.45) is 2.53. The number of amides is 4. The lowest BCUT2D eigenvalue weighted by molar-refractivity contribution is -0.189. The third-order valence-corrected chi connectivity index (χ3v) is 9.65. The van der Waals surface area contributed by atoms with Gasteiger partial charge in [0.25, 0.3) is 0 Å². The molecule has 13 heteroatoms. The highest BCUT2D eigenvalue weighted by atomic mass is 16.3. The second kappa shape index (κ2) is 14.1. The lowest BCUT2D eigenvalue weighted by Gasteiger charge is -2.55. The number of urea groups is 1. The van der Waals surface area contributed by atoms with Gasteiger partial charge >= 0.3 is 6.03 Å². The van der Waals surface area contributed by atoms with Gasteiger partial charge in [-0.05, 0) is 41.7 Å². The Balaban J connectivity index is 1.27. The van der Waals surface area contributed by atoms with Crippen LogP contribution in [0.3, 0.4) is 0 Å². The summed E-state index contributed by atoms with van der Waals surface area (Å²) in [4.78, 5) is 59.0. The van der Waals surface area contributed by atoms with E-state index in [-0.39, 0.29) is 75.0 Å². The van der Waals surface area contributed by atoms with Crippen LogP contribution in [0.15, 0.2) is 85.5 Å². The molecule has 13 nitrogen and oxygen atoms in total. The van der Waals surface area contributed by atoms with Crippen LogP contribution >= 0.6 is 0 Å². The Kier molecular flexibility index (Phi) is 9.25. The number of benzene rings is 3. The molecule has 1 aromatic heterocycles. The first-order valence-corrected chi connectivity index (χ1v) is 17.0. The molecule has 2 aliphatic heterocycles. The zero-order valence-electron chi connectivity index (χ0n) is 28.0. The lowest BCUT2D eigenvalue weighted by atomic mass is 9.98. The van der Waals surface area contributed by atoms with E-state index >= 15 is 0 Å². The summed E-state index contributed by atoms with van der Waals surface area (Å²) in [5.74, 6) is -0.660. The number of nitrogens with one attached hydrogen (secondary N) is 1. The molecule has 4 amide bonds. The molecule has 0 bridgehead atoms. The number of ketones is 1. The number of nitriles is 1. The van der Waals surface area contributed by atoms with Gasteiger partial charge in [0.2, 0.25) is 11.8 Å². The largest absolute Gasteiger partial charge is 0.508 e. The first-order valence-electron chi connectivity index (χ1n) is 17.0. The van der Waals surface area contributed by atoms with E-state index in [0.717, 1.165) is 24.0 Å². The van der Waals surface area contributed by atoms with Crippen molar-refractivity contribution >= 4 is 34.5 Å².